The van der Waals surface area contributed by atoms with Gasteiger partial charge in [0.25, 0.3) is 0 Å². The number of alkyl halides is 2. The van der Waals surface area contributed by atoms with Crippen LogP contribution in [0.15, 0.2) is 24.6 Å². The van der Waals surface area contributed by atoms with Crippen LogP contribution < -0.4 is 26.9 Å². The summed E-state index contributed by atoms with van der Waals surface area (Å²) in [6.45, 7) is 12.5. The molecular formula is C32H51F2N9O2. The second-order valence-corrected chi connectivity index (χ2v) is 14.8. The number of allylic oxidation sites excluding steroid dienone is 1. The van der Waals surface area contributed by atoms with Gasteiger partial charge in [-0.05, 0) is 63.5 Å². The number of amides is 3. The zero-order chi connectivity index (χ0) is 31.6. The molecule has 0 spiro atoms. The van der Waals surface area contributed by atoms with Crippen molar-refractivity contribution in [2.24, 2.45) is 23.7 Å². The Morgan fingerprint density at radius 2 is 1.96 bits per heavy atom. The number of urea groups is 1. The highest BCUT2D eigenvalue weighted by Crippen LogP contribution is 2.46. The molecule has 12 atom stereocenters. The second-order valence-electron chi connectivity index (χ2n) is 14.8. The first-order valence-corrected chi connectivity index (χ1v) is 17.2. The van der Waals surface area contributed by atoms with Crippen LogP contribution in [0.2, 0.25) is 0 Å². The van der Waals surface area contributed by atoms with Gasteiger partial charge in [0.15, 0.2) is 0 Å². The maximum absolute atomic E-state index is 16.7. The molecule has 7 rings (SSSR count). The van der Waals surface area contributed by atoms with Crippen molar-refractivity contribution < 1.29 is 18.4 Å². The molecule has 7 aliphatic rings. The number of piperidine rings is 2. The number of nitrogens with one attached hydrogen (secondary N) is 5. The van der Waals surface area contributed by atoms with Crippen LogP contribution in [-0.4, -0.2) is 113 Å². The molecule has 45 heavy (non-hydrogen) atoms. The van der Waals surface area contributed by atoms with Gasteiger partial charge in [0, 0.05) is 61.5 Å². The van der Waals surface area contributed by atoms with E-state index in [2.05, 4.69) is 64.2 Å². The van der Waals surface area contributed by atoms with Crippen LogP contribution in [0.25, 0.3) is 0 Å². The molecule has 5 N–H and O–H groups in total. The van der Waals surface area contributed by atoms with Crippen LogP contribution >= 0.6 is 0 Å². The molecule has 3 amide bonds. The first-order valence-electron chi connectivity index (χ1n) is 17.2. The quantitative estimate of drug-likeness (QED) is 0.301. The van der Waals surface area contributed by atoms with Gasteiger partial charge in [-0.15, -0.1) is 5.53 Å². The fourth-order valence-corrected chi connectivity index (χ4v) is 9.96. The van der Waals surface area contributed by atoms with Crippen LogP contribution in [0.4, 0.5) is 13.6 Å². The molecule has 11 nitrogen and oxygen atoms in total. The lowest BCUT2D eigenvalue weighted by Gasteiger charge is -2.60. The van der Waals surface area contributed by atoms with Crippen molar-refractivity contribution in [3.63, 3.8) is 0 Å². The zero-order valence-corrected chi connectivity index (χ0v) is 26.8. The summed E-state index contributed by atoms with van der Waals surface area (Å²) in [4.78, 5) is 33.0. The summed E-state index contributed by atoms with van der Waals surface area (Å²) >= 11 is 0. The van der Waals surface area contributed by atoms with Crippen molar-refractivity contribution >= 4 is 11.9 Å². The Morgan fingerprint density at radius 3 is 2.71 bits per heavy atom. The highest BCUT2D eigenvalue weighted by atomic mass is 19.1. The molecular weight excluding hydrogens is 580 g/mol. The van der Waals surface area contributed by atoms with Crippen molar-refractivity contribution in [2.45, 2.75) is 114 Å². The van der Waals surface area contributed by atoms with Crippen LogP contribution in [0.5, 0.6) is 0 Å². The summed E-state index contributed by atoms with van der Waals surface area (Å²) in [5.74, 6) is -0.625. The predicted octanol–water partition coefficient (Wildman–Crippen LogP) is 1.78. The van der Waals surface area contributed by atoms with Gasteiger partial charge < -0.3 is 25.9 Å². The molecule has 0 aromatic rings. The first-order chi connectivity index (χ1) is 21.7. The molecule has 5 saturated heterocycles. The van der Waals surface area contributed by atoms with Crippen molar-refractivity contribution in [3.8, 4) is 0 Å². The number of carbonyl (C=O) groups is 2. The summed E-state index contributed by atoms with van der Waals surface area (Å²) in [6, 6.07) is -1.17. The van der Waals surface area contributed by atoms with E-state index in [4.69, 9.17) is 0 Å². The summed E-state index contributed by atoms with van der Waals surface area (Å²) in [7, 11) is 0. The first kappa shape index (κ1) is 31.1. The van der Waals surface area contributed by atoms with Gasteiger partial charge in [-0.1, -0.05) is 26.8 Å². The van der Waals surface area contributed by atoms with Crippen molar-refractivity contribution in [1.82, 2.24) is 46.6 Å². The van der Waals surface area contributed by atoms with E-state index in [0.29, 0.717) is 32.5 Å². The van der Waals surface area contributed by atoms with Gasteiger partial charge in [-0.2, -0.15) is 0 Å². The van der Waals surface area contributed by atoms with E-state index >= 15 is 8.78 Å². The Hall–Kier alpha value is -2.48. The van der Waals surface area contributed by atoms with E-state index < -0.39 is 36.6 Å². The molecule has 1 saturated carbocycles. The standard InChI is InChI=1S/C32H51F2N9O2/c1-5-25(44)40-11-12-41(18(4)16-40)30-21-14-23(34)28-26-19(7-6-8-22(26)33)13-20-15-36-39-43(20)24-9-10-35-27(17(2)3)29(24)42(31(21)37-28)32(45)38-30/h5,15,17-19,21-24,26-31,35-37,39H,1,6-14,16H2,2-4H3,(H,38,45)/t18-,19?,21?,22?,23?,24?,26?,27?,28?,29?,30?,31?/m0/s1. The van der Waals surface area contributed by atoms with E-state index in [1.165, 1.54) is 6.08 Å². The molecule has 1 aliphatic carbocycles. The Bertz CT molecular complexity index is 1190. The van der Waals surface area contributed by atoms with Crippen LogP contribution in [0, 0.1) is 23.7 Å². The topological polar surface area (TPSA) is 107 Å². The maximum Gasteiger partial charge on any atom is 0.320 e. The van der Waals surface area contributed by atoms with E-state index in [1.807, 2.05) is 11.1 Å². The molecule has 11 unspecified atom stereocenters. The Balaban J connectivity index is 1.30. The fraction of sp³-hybridized carbons (Fsp3) is 0.812. The highest BCUT2D eigenvalue weighted by Gasteiger charge is 2.58. The highest BCUT2D eigenvalue weighted by molar-refractivity contribution is 5.87. The number of rotatable bonds is 3. The third kappa shape index (κ3) is 5.31. The number of carbonyl (C=O) groups excluding carboxylic acids is 2. The second kappa shape index (κ2) is 12.3. The number of halogens is 2. The number of piperazine rings is 1. The number of hydrogen-bond acceptors (Lipinski definition) is 8. The Morgan fingerprint density at radius 1 is 1.13 bits per heavy atom. The van der Waals surface area contributed by atoms with Crippen molar-refractivity contribution in [1.29, 1.82) is 0 Å². The summed E-state index contributed by atoms with van der Waals surface area (Å²) in [5, 5.41) is 13.0. The van der Waals surface area contributed by atoms with E-state index in [0.717, 1.165) is 31.5 Å². The molecule has 0 aromatic carbocycles. The molecule has 6 fully saturated rings. The van der Waals surface area contributed by atoms with Crippen molar-refractivity contribution in [3.05, 3.63) is 24.6 Å². The predicted molar refractivity (Wildman–Crippen MR) is 166 cm³/mol. The molecule has 2 bridgehead atoms. The van der Waals surface area contributed by atoms with Gasteiger partial charge in [0.2, 0.25) is 5.91 Å². The SMILES string of the molecule is C=CC(=O)N1CCN(C2NC(=O)N3C4NC(C(F)CC42)C2C(F)CCCC2CC2=CNNN2C2CCNC(C(C)C)C23)[C@@H](C)C1. The summed E-state index contributed by atoms with van der Waals surface area (Å²) < 4.78 is 32.7. The molecule has 6 aliphatic heterocycles. The minimum atomic E-state index is -1.25. The van der Waals surface area contributed by atoms with Crippen LogP contribution in [-0.2, 0) is 4.79 Å². The number of hydrazine groups is 2. The average Bonchev–Trinajstić information content (AvgIpc) is 3.47. The minimum absolute atomic E-state index is 0.00281. The van der Waals surface area contributed by atoms with E-state index in [1.54, 1.807) is 4.90 Å². The van der Waals surface area contributed by atoms with E-state index in [9.17, 15) is 9.59 Å². The number of fused-ring (bicyclic) bond motifs is 7. The van der Waals surface area contributed by atoms with Crippen LogP contribution in [0.1, 0.15) is 59.3 Å². The molecule has 6 heterocycles. The average molecular weight is 632 g/mol. The molecule has 13 heteroatoms. The van der Waals surface area contributed by atoms with Gasteiger partial charge in [0.05, 0.1) is 24.4 Å². The molecule has 0 aromatic heterocycles. The Kier molecular flexibility index (Phi) is 8.49. The summed E-state index contributed by atoms with van der Waals surface area (Å²) in [6.07, 6.45) is 3.90. The van der Waals surface area contributed by atoms with Gasteiger partial charge in [-0.25, -0.2) is 13.6 Å². The van der Waals surface area contributed by atoms with Gasteiger partial charge in [-0.3, -0.25) is 20.0 Å². The fourth-order valence-electron chi connectivity index (χ4n) is 9.96. The minimum Gasteiger partial charge on any atom is -0.336 e. The lowest BCUT2D eigenvalue weighted by atomic mass is 9.68. The monoisotopic (exact) mass is 631 g/mol. The zero-order valence-electron chi connectivity index (χ0n) is 26.8. The molecule has 0 radical (unpaired) electrons. The Labute approximate surface area is 265 Å². The van der Waals surface area contributed by atoms with Gasteiger partial charge in [0.1, 0.15) is 12.3 Å². The van der Waals surface area contributed by atoms with Crippen molar-refractivity contribution in [2.75, 3.05) is 26.2 Å². The lowest BCUT2D eigenvalue weighted by molar-refractivity contribution is -0.132. The normalized spacial score (nSPS) is 43.6. The third-order valence-electron chi connectivity index (χ3n) is 12.0. The molecule has 250 valence electrons. The van der Waals surface area contributed by atoms with Crippen LogP contribution in [0.3, 0.4) is 0 Å². The lowest BCUT2D eigenvalue weighted by Crippen LogP contribution is -2.81. The summed E-state index contributed by atoms with van der Waals surface area (Å²) in [5.41, 5.74) is 7.63. The van der Waals surface area contributed by atoms with Gasteiger partial charge >= 0.3 is 6.03 Å². The number of hydrogen-bond donors (Lipinski definition) is 5. The third-order valence-corrected chi connectivity index (χ3v) is 12.0. The van der Waals surface area contributed by atoms with E-state index in [-0.39, 0.29) is 60.3 Å². The smallest absolute Gasteiger partial charge is 0.320 e. The maximum atomic E-state index is 16.7. The largest absolute Gasteiger partial charge is 0.336 e. The number of nitrogens with zero attached hydrogens (tertiary/aromatic N) is 4.